The average molecular weight is 332 g/mol. The first-order valence-corrected chi connectivity index (χ1v) is 8.89. The van der Waals surface area contributed by atoms with Crippen LogP contribution < -0.4 is 13.8 Å². The fourth-order valence-corrected chi connectivity index (χ4v) is 4.63. The van der Waals surface area contributed by atoms with Crippen molar-refractivity contribution in [3.63, 3.8) is 0 Å². The van der Waals surface area contributed by atoms with E-state index in [2.05, 4.69) is 4.98 Å². The highest BCUT2D eigenvalue weighted by molar-refractivity contribution is 7.93. The Morgan fingerprint density at radius 2 is 2.17 bits per heavy atom. The second-order valence-corrected chi connectivity index (χ2v) is 7.48. The molecule has 1 atom stereocenters. The molecule has 0 radical (unpaired) electrons. The summed E-state index contributed by atoms with van der Waals surface area (Å²) in [5.41, 5.74) is 1.39. The van der Waals surface area contributed by atoms with Gasteiger partial charge in [0, 0.05) is 18.7 Å². The van der Waals surface area contributed by atoms with E-state index in [1.807, 2.05) is 13.0 Å². The van der Waals surface area contributed by atoms with Gasteiger partial charge in [0.15, 0.2) is 0 Å². The van der Waals surface area contributed by atoms with Crippen LogP contribution in [0, 0.1) is 0 Å². The number of rotatable bonds is 2. The lowest BCUT2D eigenvalue weighted by Crippen LogP contribution is -2.38. The number of nitrogens with zero attached hydrogens (tertiary/aromatic N) is 2. The number of pyridine rings is 1. The lowest BCUT2D eigenvalue weighted by atomic mass is 10.1. The number of para-hydroxylation sites is 1. The molecule has 6 nitrogen and oxygen atoms in total. The summed E-state index contributed by atoms with van der Waals surface area (Å²) in [4.78, 5) is 4.23. The lowest BCUT2D eigenvalue weighted by molar-refractivity contribution is 0.249. The summed E-state index contributed by atoms with van der Waals surface area (Å²) in [6.07, 6.45) is 3.80. The minimum absolute atomic E-state index is 0.0139. The molecular formula is C16H16N2O4S. The molecule has 0 bridgehead atoms. The van der Waals surface area contributed by atoms with E-state index in [1.165, 1.54) is 10.5 Å². The average Bonchev–Trinajstić information content (AvgIpc) is 2.94. The van der Waals surface area contributed by atoms with Crippen LogP contribution in [0.3, 0.4) is 0 Å². The Hall–Kier alpha value is -2.28. The van der Waals surface area contributed by atoms with E-state index in [9.17, 15) is 8.42 Å². The number of anilines is 1. The van der Waals surface area contributed by atoms with E-state index < -0.39 is 10.0 Å². The zero-order valence-corrected chi connectivity index (χ0v) is 13.4. The van der Waals surface area contributed by atoms with E-state index in [4.69, 9.17) is 9.47 Å². The minimum Gasteiger partial charge on any atom is -0.489 e. The number of benzene rings is 1. The van der Waals surface area contributed by atoms with Crippen molar-refractivity contribution >= 4 is 15.7 Å². The third kappa shape index (κ3) is 2.23. The van der Waals surface area contributed by atoms with Gasteiger partial charge >= 0.3 is 0 Å². The molecule has 0 saturated carbocycles. The van der Waals surface area contributed by atoms with Crippen molar-refractivity contribution < 1.29 is 17.9 Å². The van der Waals surface area contributed by atoms with Gasteiger partial charge < -0.3 is 9.47 Å². The Labute approximate surface area is 134 Å². The maximum Gasteiger partial charge on any atom is 0.268 e. The van der Waals surface area contributed by atoms with Crippen LogP contribution >= 0.6 is 0 Å². The number of sulfonamides is 1. The van der Waals surface area contributed by atoms with Crippen molar-refractivity contribution in [1.29, 1.82) is 0 Å². The fraction of sp³-hybridized carbons (Fsp3) is 0.312. The first-order chi connectivity index (χ1) is 11.1. The maximum absolute atomic E-state index is 13.2. The molecule has 120 valence electrons. The summed E-state index contributed by atoms with van der Waals surface area (Å²) in [6, 6.07) is 6.94. The number of aromatic nitrogens is 1. The van der Waals surface area contributed by atoms with E-state index in [0.717, 1.165) is 12.0 Å². The summed E-state index contributed by atoms with van der Waals surface area (Å²) < 4.78 is 39.0. The molecule has 0 amide bonds. The quantitative estimate of drug-likeness (QED) is 0.841. The highest BCUT2D eigenvalue weighted by atomic mass is 32.2. The van der Waals surface area contributed by atoms with E-state index in [1.54, 1.807) is 24.4 Å². The Kier molecular flexibility index (Phi) is 3.19. The number of ether oxygens (including phenoxy) is 2. The lowest BCUT2D eigenvalue weighted by Gasteiger charge is -2.30. The largest absolute Gasteiger partial charge is 0.489 e. The third-order valence-corrected chi connectivity index (χ3v) is 5.87. The minimum atomic E-state index is -3.74. The summed E-state index contributed by atoms with van der Waals surface area (Å²) in [5, 5.41) is 0. The molecule has 7 heteroatoms. The predicted molar refractivity (Wildman–Crippen MR) is 84.5 cm³/mol. The Morgan fingerprint density at radius 3 is 3.04 bits per heavy atom. The van der Waals surface area contributed by atoms with Gasteiger partial charge in [-0.25, -0.2) is 8.42 Å². The zero-order valence-electron chi connectivity index (χ0n) is 12.6. The normalized spacial score (nSPS) is 19.5. The van der Waals surface area contributed by atoms with Crippen molar-refractivity contribution in [2.75, 3.05) is 17.5 Å². The highest BCUT2D eigenvalue weighted by Crippen LogP contribution is 2.40. The second-order valence-electron chi connectivity index (χ2n) is 5.65. The summed E-state index contributed by atoms with van der Waals surface area (Å²) >= 11 is 0. The molecule has 23 heavy (non-hydrogen) atoms. The monoisotopic (exact) mass is 332 g/mol. The molecule has 1 aromatic heterocycles. The van der Waals surface area contributed by atoms with Crippen molar-refractivity contribution in [2.45, 2.75) is 24.3 Å². The van der Waals surface area contributed by atoms with E-state index in [-0.39, 0.29) is 17.5 Å². The first kappa shape index (κ1) is 14.3. The van der Waals surface area contributed by atoms with Crippen molar-refractivity contribution in [1.82, 2.24) is 4.98 Å². The van der Waals surface area contributed by atoms with Crippen LogP contribution in [0.15, 0.2) is 41.6 Å². The van der Waals surface area contributed by atoms with Gasteiger partial charge in [-0.1, -0.05) is 12.1 Å². The molecule has 1 aromatic carbocycles. The van der Waals surface area contributed by atoms with Gasteiger partial charge in [0.25, 0.3) is 10.0 Å². The van der Waals surface area contributed by atoms with Crippen LogP contribution in [-0.4, -0.2) is 32.7 Å². The SMILES string of the molecule is CC1Cc2cccc(S(=O)(=O)N3CCOc4ccncc43)c2O1. The number of hydrogen-bond acceptors (Lipinski definition) is 5. The van der Waals surface area contributed by atoms with Gasteiger partial charge in [-0.2, -0.15) is 0 Å². The van der Waals surface area contributed by atoms with E-state index in [0.29, 0.717) is 23.8 Å². The Balaban J connectivity index is 1.83. The van der Waals surface area contributed by atoms with Gasteiger partial charge in [0.1, 0.15) is 34.8 Å². The highest BCUT2D eigenvalue weighted by Gasteiger charge is 2.35. The van der Waals surface area contributed by atoms with Gasteiger partial charge in [-0.05, 0) is 18.6 Å². The summed E-state index contributed by atoms with van der Waals surface area (Å²) in [7, 11) is -3.74. The van der Waals surface area contributed by atoms with Crippen LogP contribution in [0.2, 0.25) is 0 Å². The molecular weight excluding hydrogens is 316 g/mol. The molecule has 0 saturated heterocycles. The Bertz CT molecular complexity index is 866. The predicted octanol–water partition coefficient (Wildman–Crippen LogP) is 1.99. The molecule has 0 fully saturated rings. The standard InChI is InChI=1S/C16H16N2O4S/c1-11-9-12-3-2-4-15(16(12)22-11)23(19,20)18-7-8-21-14-5-6-17-10-13(14)18/h2-6,10-11H,7-9H2,1H3. The second kappa shape index (κ2) is 5.13. The van der Waals surface area contributed by atoms with Gasteiger partial charge in [0.05, 0.1) is 12.7 Å². The topological polar surface area (TPSA) is 68.7 Å². The molecule has 2 aromatic rings. The molecule has 0 N–H and O–H groups in total. The molecule has 2 aliphatic rings. The van der Waals surface area contributed by atoms with Crippen LogP contribution in [0.25, 0.3) is 0 Å². The third-order valence-electron chi connectivity index (χ3n) is 4.04. The molecule has 3 heterocycles. The van der Waals surface area contributed by atoms with Gasteiger partial charge in [0.2, 0.25) is 0 Å². The van der Waals surface area contributed by atoms with Crippen molar-refractivity contribution in [3.8, 4) is 11.5 Å². The maximum atomic E-state index is 13.2. The van der Waals surface area contributed by atoms with Gasteiger partial charge in [-0.3, -0.25) is 9.29 Å². The number of fused-ring (bicyclic) bond motifs is 2. The fourth-order valence-electron chi connectivity index (χ4n) is 3.02. The smallest absolute Gasteiger partial charge is 0.268 e. The molecule has 1 unspecified atom stereocenters. The first-order valence-electron chi connectivity index (χ1n) is 7.45. The van der Waals surface area contributed by atoms with Crippen LogP contribution in [-0.2, 0) is 16.4 Å². The van der Waals surface area contributed by atoms with Gasteiger partial charge in [-0.15, -0.1) is 0 Å². The molecule has 4 rings (SSSR count). The molecule has 0 spiro atoms. The van der Waals surface area contributed by atoms with Crippen molar-refractivity contribution in [3.05, 3.63) is 42.2 Å². The number of hydrogen-bond donors (Lipinski definition) is 0. The Morgan fingerprint density at radius 1 is 1.30 bits per heavy atom. The molecule has 2 aliphatic heterocycles. The summed E-state index contributed by atoms with van der Waals surface area (Å²) in [5.74, 6) is 0.994. The van der Waals surface area contributed by atoms with E-state index >= 15 is 0 Å². The van der Waals surface area contributed by atoms with Crippen LogP contribution in [0.5, 0.6) is 11.5 Å². The summed E-state index contributed by atoms with van der Waals surface area (Å²) in [6.45, 7) is 2.49. The van der Waals surface area contributed by atoms with Crippen molar-refractivity contribution in [2.24, 2.45) is 0 Å². The zero-order chi connectivity index (χ0) is 16.0. The van der Waals surface area contributed by atoms with Crippen LogP contribution in [0.4, 0.5) is 5.69 Å². The van der Waals surface area contributed by atoms with Crippen LogP contribution in [0.1, 0.15) is 12.5 Å². The molecule has 0 aliphatic carbocycles.